The first-order valence-electron chi connectivity index (χ1n) is 6.27. The third kappa shape index (κ3) is 2.70. The largest absolute Gasteiger partial charge is 0.376 e. The van der Waals surface area contributed by atoms with Crippen LogP contribution in [0.3, 0.4) is 0 Å². The van der Waals surface area contributed by atoms with E-state index >= 15 is 0 Å². The van der Waals surface area contributed by atoms with Gasteiger partial charge >= 0.3 is 0 Å². The van der Waals surface area contributed by atoms with Crippen LogP contribution in [-0.4, -0.2) is 39.1 Å². The van der Waals surface area contributed by atoms with Crippen LogP contribution in [-0.2, 0) is 23.1 Å². The van der Waals surface area contributed by atoms with Crippen LogP contribution in [0, 0.1) is 0 Å². The first kappa shape index (κ1) is 12.8. The average molecular weight is 283 g/mol. The Bertz CT molecular complexity index is 580. The quantitative estimate of drug-likeness (QED) is 0.799. The summed E-state index contributed by atoms with van der Waals surface area (Å²) in [7, 11) is 1.82. The number of aryl methyl sites for hydroxylation is 1. The summed E-state index contributed by atoms with van der Waals surface area (Å²) < 4.78 is 12.7. The van der Waals surface area contributed by atoms with Crippen LogP contribution < -0.4 is 0 Å². The van der Waals surface area contributed by atoms with E-state index in [0.29, 0.717) is 24.2 Å². The van der Waals surface area contributed by atoms with E-state index in [1.807, 2.05) is 7.05 Å². The highest BCUT2D eigenvalue weighted by atomic mass is 35.5. The lowest BCUT2D eigenvalue weighted by molar-refractivity contribution is 0.00870. The lowest BCUT2D eigenvalue weighted by Crippen LogP contribution is -2.14. The maximum Gasteiger partial charge on any atom is 0.162 e. The molecule has 0 N–H and O–H groups in total. The van der Waals surface area contributed by atoms with Crippen LogP contribution in [0.15, 0.2) is 6.20 Å². The van der Waals surface area contributed by atoms with Gasteiger partial charge in [-0.25, -0.2) is 9.97 Å². The average Bonchev–Trinajstić information content (AvgIpc) is 3.01. The molecule has 6 nitrogen and oxygen atoms in total. The molecular formula is C12H15ClN4O2. The van der Waals surface area contributed by atoms with E-state index in [9.17, 15) is 0 Å². The van der Waals surface area contributed by atoms with Crippen molar-refractivity contribution in [3.05, 3.63) is 17.2 Å². The Hall–Kier alpha value is -1.24. The second-order valence-electron chi connectivity index (χ2n) is 4.59. The van der Waals surface area contributed by atoms with Gasteiger partial charge in [-0.2, -0.15) is 5.10 Å². The minimum Gasteiger partial charge on any atom is -0.376 e. The molecule has 0 bridgehead atoms. The van der Waals surface area contributed by atoms with Crippen molar-refractivity contribution in [2.24, 2.45) is 7.05 Å². The summed E-state index contributed by atoms with van der Waals surface area (Å²) in [6, 6.07) is 0. The van der Waals surface area contributed by atoms with Gasteiger partial charge in [-0.05, 0) is 12.8 Å². The maximum atomic E-state index is 6.10. The molecule has 0 spiro atoms. The molecule has 2 aromatic rings. The summed E-state index contributed by atoms with van der Waals surface area (Å²) in [5.41, 5.74) is 0.718. The topological polar surface area (TPSA) is 62.1 Å². The van der Waals surface area contributed by atoms with Crippen molar-refractivity contribution in [3.63, 3.8) is 0 Å². The maximum absolute atomic E-state index is 6.10. The van der Waals surface area contributed by atoms with Crippen LogP contribution in [0.1, 0.15) is 18.7 Å². The van der Waals surface area contributed by atoms with Crippen LogP contribution in [0.2, 0.25) is 5.15 Å². The summed E-state index contributed by atoms with van der Waals surface area (Å²) in [6.45, 7) is 1.74. The highest BCUT2D eigenvalue weighted by Gasteiger charge is 2.16. The summed E-state index contributed by atoms with van der Waals surface area (Å²) in [6.07, 6.45) is 4.03. The zero-order chi connectivity index (χ0) is 13.2. The number of ether oxygens (including phenoxy) is 2. The van der Waals surface area contributed by atoms with Gasteiger partial charge in [-0.1, -0.05) is 11.6 Å². The molecule has 0 aliphatic carbocycles. The van der Waals surface area contributed by atoms with Crippen molar-refractivity contribution in [1.82, 2.24) is 19.7 Å². The molecule has 1 fully saturated rings. The number of nitrogens with zero attached hydrogens (tertiary/aromatic N) is 4. The molecule has 3 rings (SSSR count). The molecular weight excluding hydrogens is 268 g/mol. The van der Waals surface area contributed by atoms with Crippen LogP contribution in [0.4, 0.5) is 0 Å². The third-order valence-corrected chi connectivity index (χ3v) is 3.44. The Labute approximate surface area is 115 Å². The molecule has 0 aromatic carbocycles. The standard InChI is InChI=1S/C12H15ClN4O2/c1-17-12-9(5-14-17)11(13)15-10(16-12)7-18-6-8-3-2-4-19-8/h5,8H,2-4,6-7H2,1H3. The Morgan fingerprint density at radius 3 is 3.21 bits per heavy atom. The fourth-order valence-electron chi connectivity index (χ4n) is 2.15. The lowest BCUT2D eigenvalue weighted by atomic mass is 10.2. The molecule has 0 radical (unpaired) electrons. The van der Waals surface area contributed by atoms with E-state index in [4.69, 9.17) is 21.1 Å². The Kier molecular flexibility index (Phi) is 3.63. The van der Waals surface area contributed by atoms with E-state index < -0.39 is 0 Å². The van der Waals surface area contributed by atoms with E-state index in [2.05, 4.69) is 15.1 Å². The summed E-state index contributed by atoms with van der Waals surface area (Å²) in [5.74, 6) is 0.569. The van der Waals surface area contributed by atoms with E-state index in [-0.39, 0.29) is 6.10 Å². The minimum atomic E-state index is 0.205. The molecule has 0 saturated carbocycles. The smallest absolute Gasteiger partial charge is 0.162 e. The van der Waals surface area contributed by atoms with Gasteiger partial charge in [0.15, 0.2) is 11.5 Å². The molecule has 1 atom stereocenters. The molecule has 1 aliphatic rings. The number of rotatable bonds is 4. The van der Waals surface area contributed by atoms with Gasteiger partial charge in [-0.3, -0.25) is 4.68 Å². The molecule has 1 aliphatic heterocycles. The van der Waals surface area contributed by atoms with Gasteiger partial charge in [0.05, 0.1) is 24.3 Å². The van der Waals surface area contributed by atoms with Gasteiger partial charge in [0, 0.05) is 13.7 Å². The predicted octanol–water partition coefficient (Wildman–Crippen LogP) is 1.71. The van der Waals surface area contributed by atoms with Crippen molar-refractivity contribution in [1.29, 1.82) is 0 Å². The number of aromatic nitrogens is 4. The molecule has 3 heterocycles. The Morgan fingerprint density at radius 2 is 2.42 bits per heavy atom. The first-order valence-corrected chi connectivity index (χ1v) is 6.65. The molecule has 7 heteroatoms. The normalized spacial score (nSPS) is 19.4. The van der Waals surface area contributed by atoms with Crippen molar-refractivity contribution in [2.75, 3.05) is 13.2 Å². The Balaban J connectivity index is 1.68. The molecule has 102 valence electrons. The monoisotopic (exact) mass is 282 g/mol. The highest BCUT2D eigenvalue weighted by molar-refractivity contribution is 6.33. The van der Waals surface area contributed by atoms with Crippen molar-refractivity contribution in [2.45, 2.75) is 25.6 Å². The SMILES string of the molecule is Cn1ncc2c(Cl)nc(COCC3CCCO3)nc21. The van der Waals surface area contributed by atoms with Gasteiger partial charge in [0.25, 0.3) is 0 Å². The zero-order valence-corrected chi connectivity index (χ0v) is 11.4. The van der Waals surface area contributed by atoms with E-state index in [0.717, 1.165) is 30.5 Å². The number of hydrogen-bond acceptors (Lipinski definition) is 5. The molecule has 1 unspecified atom stereocenters. The molecule has 0 amide bonds. The second kappa shape index (κ2) is 5.40. The summed E-state index contributed by atoms with van der Waals surface area (Å²) >= 11 is 6.10. The van der Waals surface area contributed by atoms with Crippen LogP contribution in [0.25, 0.3) is 11.0 Å². The van der Waals surface area contributed by atoms with Crippen LogP contribution >= 0.6 is 11.6 Å². The number of hydrogen-bond donors (Lipinski definition) is 0. The minimum absolute atomic E-state index is 0.205. The fraction of sp³-hybridized carbons (Fsp3) is 0.583. The van der Waals surface area contributed by atoms with Gasteiger partial charge in [-0.15, -0.1) is 0 Å². The van der Waals surface area contributed by atoms with Gasteiger partial charge in [0.1, 0.15) is 11.8 Å². The Morgan fingerprint density at radius 1 is 1.53 bits per heavy atom. The van der Waals surface area contributed by atoms with Crippen LogP contribution in [0.5, 0.6) is 0 Å². The third-order valence-electron chi connectivity index (χ3n) is 3.15. The number of fused-ring (bicyclic) bond motifs is 1. The molecule has 2 aromatic heterocycles. The van der Waals surface area contributed by atoms with Gasteiger partial charge < -0.3 is 9.47 Å². The summed E-state index contributed by atoms with van der Waals surface area (Å²) in [4.78, 5) is 8.61. The highest BCUT2D eigenvalue weighted by Crippen LogP contribution is 2.19. The van der Waals surface area contributed by atoms with Crippen molar-refractivity contribution >= 4 is 22.6 Å². The van der Waals surface area contributed by atoms with E-state index in [1.165, 1.54) is 0 Å². The zero-order valence-electron chi connectivity index (χ0n) is 10.7. The predicted molar refractivity (Wildman–Crippen MR) is 69.9 cm³/mol. The molecule has 1 saturated heterocycles. The number of halogens is 1. The van der Waals surface area contributed by atoms with Crippen molar-refractivity contribution < 1.29 is 9.47 Å². The van der Waals surface area contributed by atoms with Gasteiger partial charge in [0.2, 0.25) is 0 Å². The summed E-state index contributed by atoms with van der Waals surface area (Å²) in [5, 5.41) is 5.28. The first-order chi connectivity index (χ1) is 9.24. The molecule has 19 heavy (non-hydrogen) atoms. The fourth-order valence-corrected chi connectivity index (χ4v) is 2.38. The lowest BCUT2D eigenvalue weighted by Gasteiger charge is -2.09. The van der Waals surface area contributed by atoms with E-state index in [1.54, 1.807) is 10.9 Å². The van der Waals surface area contributed by atoms with Crippen molar-refractivity contribution in [3.8, 4) is 0 Å². The second-order valence-corrected chi connectivity index (χ2v) is 4.94.